The third kappa shape index (κ3) is 2.33. The van der Waals surface area contributed by atoms with E-state index in [4.69, 9.17) is 9.26 Å². The number of hydrogen-bond acceptors (Lipinski definition) is 4. The smallest absolute Gasteiger partial charge is 0.321 e. The predicted molar refractivity (Wildman–Crippen MR) is 64.3 cm³/mol. The summed E-state index contributed by atoms with van der Waals surface area (Å²) in [6.45, 7) is 2.46. The third-order valence-electron chi connectivity index (χ3n) is 3.62. The van der Waals surface area contributed by atoms with Gasteiger partial charge in [-0.05, 0) is 26.2 Å². The van der Waals surface area contributed by atoms with Crippen LogP contribution in [0.15, 0.2) is 10.6 Å². The van der Waals surface area contributed by atoms with Gasteiger partial charge in [-0.25, -0.2) is 4.79 Å². The van der Waals surface area contributed by atoms with Gasteiger partial charge in [0.05, 0.1) is 17.9 Å². The molecule has 0 radical (unpaired) electrons. The number of aromatic nitrogens is 1. The third-order valence-corrected chi connectivity index (χ3v) is 3.62. The Balaban J connectivity index is 1.44. The van der Waals surface area contributed by atoms with Gasteiger partial charge >= 0.3 is 6.03 Å². The van der Waals surface area contributed by atoms with E-state index in [2.05, 4.69) is 15.8 Å². The van der Waals surface area contributed by atoms with Crippen LogP contribution < -0.4 is 10.6 Å². The molecule has 2 N–H and O–H groups in total. The summed E-state index contributed by atoms with van der Waals surface area (Å²) in [5, 5.41) is 9.16. The number of amides is 2. The highest BCUT2D eigenvalue weighted by atomic mass is 16.5. The van der Waals surface area contributed by atoms with Gasteiger partial charge in [-0.2, -0.15) is 0 Å². The van der Waals surface area contributed by atoms with Crippen LogP contribution in [-0.4, -0.2) is 29.9 Å². The van der Waals surface area contributed by atoms with E-state index in [9.17, 15) is 4.79 Å². The number of nitrogens with zero attached hydrogens (tertiary/aromatic N) is 1. The second-order valence-corrected chi connectivity index (χ2v) is 5.04. The van der Waals surface area contributed by atoms with Crippen LogP contribution in [0.1, 0.15) is 25.0 Å². The minimum atomic E-state index is -0.256. The van der Waals surface area contributed by atoms with Crippen LogP contribution in [0.4, 0.5) is 10.7 Å². The molecule has 98 valence electrons. The van der Waals surface area contributed by atoms with Crippen molar-refractivity contribution in [2.24, 2.45) is 5.92 Å². The minimum Gasteiger partial charge on any atom is -0.375 e. The van der Waals surface area contributed by atoms with Crippen molar-refractivity contribution < 1.29 is 14.1 Å². The lowest BCUT2D eigenvalue weighted by Gasteiger charge is -2.18. The van der Waals surface area contributed by atoms with Gasteiger partial charge in [-0.15, -0.1) is 0 Å². The minimum absolute atomic E-state index is 0.256. The van der Waals surface area contributed by atoms with E-state index < -0.39 is 0 Å². The summed E-state index contributed by atoms with van der Waals surface area (Å²) in [6, 6.07) is 1.43. The molecule has 3 heterocycles. The molecular weight excluding hydrogens is 234 g/mol. The van der Waals surface area contributed by atoms with Gasteiger partial charge in [-0.1, -0.05) is 5.16 Å². The number of carbonyl (C=O) groups is 1. The number of carbonyl (C=O) groups excluding carboxylic acids is 1. The molecule has 0 aliphatic carbocycles. The molecule has 6 nitrogen and oxygen atoms in total. The molecule has 2 aliphatic heterocycles. The Morgan fingerprint density at radius 3 is 3.06 bits per heavy atom. The fourth-order valence-electron chi connectivity index (χ4n) is 2.76. The Bertz CT molecular complexity index is 446. The maximum Gasteiger partial charge on any atom is 0.321 e. The molecule has 2 aliphatic rings. The largest absolute Gasteiger partial charge is 0.375 e. The van der Waals surface area contributed by atoms with Gasteiger partial charge in [-0.3, -0.25) is 5.32 Å². The molecule has 18 heavy (non-hydrogen) atoms. The molecule has 0 aromatic carbocycles. The van der Waals surface area contributed by atoms with Gasteiger partial charge in [0, 0.05) is 18.5 Å². The first-order valence-corrected chi connectivity index (χ1v) is 6.34. The van der Waals surface area contributed by atoms with Crippen LogP contribution in [-0.2, 0) is 4.74 Å². The van der Waals surface area contributed by atoms with Crippen molar-refractivity contribution in [2.45, 2.75) is 38.4 Å². The first-order valence-electron chi connectivity index (χ1n) is 6.34. The monoisotopic (exact) mass is 251 g/mol. The van der Waals surface area contributed by atoms with Crippen LogP contribution in [0, 0.1) is 12.8 Å². The Morgan fingerprint density at radius 2 is 2.44 bits per heavy atom. The van der Waals surface area contributed by atoms with Crippen LogP contribution >= 0.6 is 0 Å². The van der Waals surface area contributed by atoms with Crippen molar-refractivity contribution >= 4 is 11.9 Å². The summed E-state index contributed by atoms with van der Waals surface area (Å²) in [5.41, 5.74) is 0.742. The van der Waals surface area contributed by atoms with Gasteiger partial charge in [0.25, 0.3) is 0 Å². The molecule has 0 saturated carbocycles. The van der Waals surface area contributed by atoms with Crippen molar-refractivity contribution in [1.29, 1.82) is 0 Å². The van der Waals surface area contributed by atoms with Gasteiger partial charge < -0.3 is 14.6 Å². The Labute approximate surface area is 105 Å². The molecular formula is C12H17N3O3. The Hall–Kier alpha value is -1.56. The van der Waals surface area contributed by atoms with Crippen molar-refractivity contribution in [3.05, 3.63) is 11.8 Å². The van der Waals surface area contributed by atoms with Crippen LogP contribution in [0.5, 0.6) is 0 Å². The second kappa shape index (κ2) is 4.61. The number of urea groups is 1. The van der Waals surface area contributed by atoms with Crippen LogP contribution in [0.3, 0.4) is 0 Å². The number of aryl methyl sites for hydroxylation is 1. The molecule has 0 spiro atoms. The van der Waals surface area contributed by atoms with Gasteiger partial charge in [0.1, 0.15) is 0 Å². The normalized spacial score (nSPS) is 29.5. The fraction of sp³-hybridized carbons (Fsp3) is 0.667. The molecule has 2 fully saturated rings. The Morgan fingerprint density at radius 1 is 1.56 bits per heavy atom. The first kappa shape index (κ1) is 11.5. The summed E-state index contributed by atoms with van der Waals surface area (Å²) < 4.78 is 10.6. The number of hydrogen-bond donors (Lipinski definition) is 2. The number of anilines is 1. The predicted octanol–water partition coefficient (Wildman–Crippen LogP) is 1.67. The highest BCUT2D eigenvalue weighted by Crippen LogP contribution is 2.38. The van der Waals surface area contributed by atoms with E-state index in [1.807, 2.05) is 0 Å². The molecule has 6 heteroatoms. The van der Waals surface area contributed by atoms with E-state index in [-0.39, 0.29) is 6.03 Å². The van der Waals surface area contributed by atoms with E-state index in [1.54, 1.807) is 13.0 Å². The molecule has 2 bridgehead atoms. The SMILES string of the molecule is Cc1cc(NC(=O)NC[C@@H]2C[C@H]3CC[C@@H]2O3)on1. The average molecular weight is 251 g/mol. The highest BCUT2D eigenvalue weighted by molar-refractivity contribution is 5.87. The van der Waals surface area contributed by atoms with Crippen molar-refractivity contribution in [2.75, 3.05) is 11.9 Å². The Kier molecular flexibility index (Phi) is 2.95. The highest BCUT2D eigenvalue weighted by Gasteiger charge is 2.40. The summed E-state index contributed by atoms with van der Waals surface area (Å²) in [6.07, 6.45) is 4.11. The van der Waals surface area contributed by atoms with Crippen LogP contribution in [0.2, 0.25) is 0 Å². The lowest BCUT2D eigenvalue weighted by atomic mass is 9.89. The first-order chi connectivity index (χ1) is 8.70. The molecule has 2 saturated heterocycles. The summed E-state index contributed by atoms with van der Waals surface area (Å²) in [4.78, 5) is 11.6. The number of ether oxygens (including phenoxy) is 1. The van der Waals surface area contributed by atoms with Crippen molar-refractivity contribution in [1.82, 2.24) is 10.5 Å². The van der Waals surface area contributed by atoms with Gasteiger partial charge in [0.2, 0.25) is 5.88 Å². The van der Waals surface area contributed by atoms with Gasteiger partial charge in [0.15, 0.2) is 0 Å². The summed E-state index contributed by atoms with van der Waals surface area (Å²) in [5.74, 6) is 0.820. The molecule has 2 amide bonds. The van der Waals surface area contributed by atoms with E-state index in [1.165, 1.54) is 6.42 Å². The molecule has 3 atom stereocenters. The topological polar surface area (TPSA) is 76.4 Å². The zero-order chi connectivity index (χ0) is 12.5. The zero-order valence-electron chi connectivity index (χ0n) is 10.3. The van der Waals surface area contributed by atoms with E-state index in [0.717, 1.165) is 18.5 Å². The molecule has 3 rings (SSSR count). The zero-order valence-corrected chi connectivity index (χ0v) is 10.3. The summed E-state index contributed by atoms with van der Waals surface area (Å²) >= 11 is 0. The number of nitrogens with one attached hydrogen (secondary N) is 2. The quantitative estimate of drug-likeness (QED) is 0.856. The standard InChI is InChI=1S/C12H17N3O3/c1-7-4-11(18-15-7)14-12(16)13-6-8-5-9-2-3-10(8)17-9/h4,8-10H,2-3,5-6H2,1H3,(H2,13,14,16)/t8-,9+,10-/m0/s1. The van der Waals surface area contributed by atoms with Crippen LogP contribution in [0.25, 0.3) is 0 Å². The summed E-state index contributed by atoms with van der Waals surface area (Å²) in [7, 11) is 0. The number of fused-ring (bicyclic) bond motifs is 2. The maximum atomic E-state index is 11.6. The lowest BCUT2D eigenvalue weighted by Crippen LogP contribution is -2.36. The second-order valence-electron chi connectivity index (χ2n) is 5.04. The van der Waals surface area contributed by atoms with Crippen molar-refractivity contribution in [3.63, 3.8) is 0 Å². The maximum absolute atomic E-state index is 11.6. The lowest BCUT2D eigenvalue weighted by molar-refractivity contribution is 0.0928. The molecule has 1 aromatic rings. The average Bonchev–Trinajstić information content (AvgIpc) is 3.03. The molecule has 0 unspecified atom stereocenters. The fourth-order valence-corrected chi connectivity index (χ4v) is 2.76. The van der Waals surface area contributed by atoms with E-state index >= 15 is 0 Å². The van der Waals surface area contributed by atoms with E-state index in [0.29, 0.717) is 30.6 Å². The number of rotatable bonds is 3. The molecule has 1 aromatic heterocycles. The van der Waals surface area contributed by atoms with Crippen molar-refractivity contribution in [3.8, 4) is 0 Å².